The first-order valence-electron chi connectivity index (χ1n) is 7.96. The Morgan fingerprint density at radius 1 is 1.35 bits per heavy atom. The Kier molecular flexibility index (Phi) is 4.41. The van der Waals surface area contributed by atoms with Crippen molar-refractivity contribution in [2.24, 2.45) is 0 Å². The van der Waals surface area contributed by atoms with Crippen molar-refractivity contribution in [1.29, 1.82) is 0 Å². The van der Waals surface area contributed by atoms with Gasteiger partial charge >= 0.3 is 0 Å². The summed E-state index contributed by atoms with van der Waals surface area (Å²) in [5.41, 5.74) is 0. The Morgan fingerprint density at radius 2 is 2.25 bits per heavy atom. The summed E-state index contributed by atoms with van der Waals surface area (Å²) in [6, 6.07) is 5.31. The number of aromatic nitrogens is 1. The first-order valence-corrected chi connectivity index (χ1v) is 7.96. The molecule has 0 radical (unpaired) electrons. The van der Waals surface area contributed by atoms with Gasteiger partial charge < -0.3 is 15.0 Å². The van der Waals surface area contributed by atoms with E-state index in [-0.39, 0.29) is 0 Å². The van der Waals surface area contributed by atoms with Crippen molar-refractivity contribution in [3.8, 4) is 5.75 Å². The molecule has 1 saturated carbocycles. The lowest BCUT2D eigenvalue weighted by atomic mass is 10.0. The quantitative estimate of drug-likeness (QED) is 0.866. The molecule has 0 amide bonds. The van der Waals surface area contributed by atoms with Gasteiger partial charge in [0.1, 0.15) is 0 Å². The zero-order valence-electron chi connectivity index (χ0n) is 12.3. The van der Waals surface area contributed by atoms with Crippen molar-refractivity contribution in [3.05, 3.63) is 18.3 Å². The van der Waals surface area contributed by atoms with Gasteiger partial charge in [0.15, 0.2) is 11.6 Å². The van der Waals surface area contributed by atoms with E-state index in [0.717, 1.165) is 30.7 Å². The lowest BCUT2D eigenvalue weighted by Crippen LogP contribution is -2.46. The fourth-order valence-electron chi connectivity index (χ4n) is 2.95. The zero-order valence-corrected chi connectivity index (χ0v) is 12.3. The molecule has 2 aliphatic rings. The summed E-state index contributed by atoms with van der Waals surface area (Å²) in [6.07, 6.45) is 8.40. The smallest absolute Gasteiger partial charge is 0.171 e. The molecule has 1 aromatic heterocycles. The highest BCUT2D eigenvalue weighted by atomic mass is 16.5. The van der Waals surface area contributed by atoms with E-state index >= 15 is 0 Å². The zero-order chi connectivity index (χ0) is 13.8. The van der Waals surface area contributed by atoms with Crippen LogP contribution in [-0.2, 0) is 0 Å². The van der Waals surface area contributed by atoms with E-state index in [1.807, 2.05) is 25.3 Å². The molecule has 110 valence electrons. The second-order valence-electron chi connectivity index (χ2n) is 5.78. The topological polar surface area (TPSA) is 37.4 Å². The third-order valence-corrected chi connectivity index (χ3v) is 4.17. The van der Waals surface area contributed by atoms with E-state index in [9.17, 15) is 0 Å². The minimum Gasteiger partial charge on any atom is -0.490 e. The fourth-order valence-corrected chi connectivity index (χ4v) is 2.95. The van der Waals surface area contributed by atoms with Crippen LogP contribution in [0, 0.1) is 0 Å². The van der Waals surface area contributed by atoms with Gasteiger partial charge in [0, 0.05) is 31.4 Å². The molecular weight excluding hydrogens is 250 g/mol. The Labute approximate surface area is 121 Å². The standard InChI is InChI=1S/C16H25N3O/c1-2-20-15-7-5-10-17-16(15)19-11-4-3-6-14(19)12-18-13-8-9-13/h5,7,10,13-14,18H,2-4,6,8-9,11-12H2,1H3. The van der Waals surface area contributed by atoms with Crippen molar-refractivity contribution in [1.82, 2.24) is 10.3 Å². The highest BCUT2D eigenvalue weighted by molar-refractivity contribution is 5.53. The SMILES string of the molecule is CCOc1cccnc1N1CCCCC1CNC1CC1. The maximum atomic E-state index is 5.75. The average Bonchev–Trinajstić information content (AvgIpc) is 3.31. The van der Waals surface area contributed by atoms with Crippen molar-refractivity contribution >= 4 is 5.82 Å². The minimum absolute atomic E-state index is 0.554. The van der Waals surface area contributed by atoms with Crippen molar-refractivity contribution in [2.45, 2.75) is 51.1 Å². The summed E-state index contributed by atoms with van der Waals surface area (Å²) < 4.78 is 5.75. The molecule has 1 aromatic rings. The maximum Gasteiger partial charge on any atom is 0.171 e. The van der Waals surface area contributed by atoms with Crippen LogP contribution in [0.1, 0.15) is 39.0 Å². The highest BCUT2D eigenvalue weighted by Crippen LogP contribution is 2.31. The Balaban J connectivity index is 1.73. The first kappa shape index (κ1) is 13.7. The van der Waals surface area contributed by atoms with E-state index in [4.69, 9.17) is 4.74 Å². The second kappa shape index (κ2) is 6.44. The summed E-state index contributed by atoms with van der Waals surface area (Å²) in [5.74, 6) is 1.95. The normalized spacial score (nSPS) is 22.9. The Morgan fingerprint density at radius 3 is 3.05 bits per heavy atom. The van der Waals surface area contributed by atoms with Crippen LogP contribution in [0.3, 0.4) is 0 Å². The van der Waals surface area contributed by atoms with Crippen molar-refractivity contribution in [3.63, 3.8) is 0 Å². The van der Waals surface area contributed by atoms with Gasteiger partial charge in [-0.05, 0) is 51.2 Å². The number of hydrogen-bond acceptors (Lipinski definition) is 4. The molecule has 3 rings (SSSR count). The van der Waals surface area contributed by atoms with Gasteiger partial charge in [-0.25, -0.2) is 4.98 Å². The van der Waals surface area contributed by atoms with Gasteiger partial charge in [0.2, 0.25) is 0 Å². The van der Waals surface area contributed by atoms with E-state index in [1.54, 1.807) is 0 Å². The van der Waals surface area contributed by atoms with Gasteiger partial charge in [-0.1, -0.05) is 0 Å². The molecule has 1 saturated heterocycles. The predicted octanol–water partition coefficient (Wildman–Crippen LogP) is 2.59. The monoisotopic (exact) mass is 275 g/mol. The average molecular weight is 275 g/mol. The number of piperidine rings is 1. The predicted molar refractivity (Wildman–Crippen MR) is 81.4 cm³/mol. The van der Waals surface area contributed by atoms with Gasteiger partial charge in [-0.3, -0.25) is 0 Å². The molecule has 0 spiro atoms. The number of nitrogens with zero attached hydrogens (tertiary/aromatic N) is 2. The first-order chi connectivity index (χ1) is 9.88. The van der Waals surface area contributed by atoms with E-state index in [1.165, 1.54) is 32.1 Å². The number of rotatable bonds is 6. The van der Waals surface area contributed by atoms with Crippen molar-refractivity contribution < 1.29 is 4.74 Å². The van der Waals surface area contributed by atoms with Crippen LogP contribution in [0.25, 0.3) is 0 Å². The third kappa shape index (κ3) is 3.23. The van der Waals surface area contributed by atoms with E-state index < -0.39 is 0 Å². The number of hydrogen-bond donors (Lipinski definition) is 1. The van der Waals surface area contributed by atoms with Crippen LogP contribution in [-0.4, -0.2) is 36.8 Å². The van der Waals surface area contributed by atoms with Crippen LogP contribution in [0.4, 0.5) is 5.82 Å². The highest BCUT2D eigenvalue weighted by Gasteiger charge is 2.28. The summed E-state index contributed by atoms with van der Waals surface area (Å²) >= 11 is 0. The second-order valence-corrected chi connectivity index (χ2v) is 5.78. The molecule has 1 aliphatic heterocycles. The molecule has 4 heteroatoms. The molecule has 20 heavy (non-hydrogen) atoms. The summed E-state index contributed by atoms with van der Waals surface area (Å²) in [4.78, 5) is 7.04. The molecule has 0 bridgehead atoms. The van der Waals surface area contributed by atoms with Gasteiger partial charge in [0.05, 0.1) is 6.61 Å². The van der Waals surface area contributed by atoms with E-state index in [2.05, 4.69) is 15.2 Å². The van der Waals surface area contributed by atoms with Gasteiger partial charge in [-0.15, -0.1) is 0 Å². The Hall–Kier alpha value is -1.29. The van der Waals surface area contributed by atoms with Crippen LogP contribution in [0.15, 0.2) is 18.3 Å². The largest absolute Gasteiger partial charge is 0.490 e. The van der Waals surface area contributed by atoms with Crippen LogP contribution in [0.2, 0.25) is 0 Å². The summed E-state index contributed by atoms with van der Waals surface area (Å²) in [5, 5.41) is 3.67. The molecular formula is C16H25N3O. The molecule has 4 nitrogen and oxygen atoms in total. The van der Waals surface area contributed by atoms with Gasteiger partial charge in [-0.2, -0.15) is 0 Å². The molecule has 1 aliphatic carbocycles. The fraction of sp³-hybridized carbons (Fsp3) is 0.688. The summed E-state index contributed by atoms with van der Waals surface area (Å²) in [6.45, 7) is 4.89. The van der Waals surface area contributed by atoms with Crippen LogP contribution in [0.5, 0.6) is 5.75 Å². The molecule has 0 aromatic carbocycles. The number of ether oxygens (including phenoxy) is 1. The van der Waals surface area contributed by atoms with Crippen molar-refractivity contribution in [2.75, 3.05) is 24.6 Å². The maximum absolute atomic E-state index is 5.75. The van der Waals surface area contributed by atoms with Crippen LogP contribution >= 0.6 is 0 Å². The molecule has 1 unspecified atom stereocenters. The number of pyridine rings is 1. The summed E-state index contributed by atoms with van der Waals surface area (Å²) in [7, 11) is 0. The molecule has 2 heterocycles. The third-order valence-electron chi connectivity index (χ3n) is 4.17. The lowest BCUT2D eigenvalue weighted by molar-refractivity contribution is 0.335. The lowest BCUT2D eigenvalue weighted by Gasteiger charge is -2.37. The van der Waals surface area contributed by atoms with E-state index in [0.29, 0.717) is 12.6 Å². The van der Waals surface area contributed by atoms with Gasteiger partial charge in [0.25, 0.3) is 0 Å². The number of nitrogens with one attached hydrogen (secondary N) is 1. The number of anilines is 1. The molecule has 1 atom stereocenters. The molecule has 1 N–H and O–H groups in total. The molecule has 2 fully saturated rings. The Bertz CT molecular complexity index is 433. The minimum atomic E-state index is 0.554. The van der Waals surface area contributed by atoms with Crippen LogP contribution < -0.4 is 15.0 Å².